The SMILES string of the molecule is CN(C)C(=O)c1cnc(Nc2cc(COc3ccc([N+](=O)[O-])c4ccccc34)ccn2)cn1.O=C(O)c1cnc(Nc2cc(COc3ccc([N+](=O)[O-])c4ccccc34)ccn2)cn1. The third-order valence-corrected chi connectivity index (χ3v) is 9.21. The quantitative estimate of drug-likeness (QED) is 0.0692. The number of rotatable bonds is 14. The number of carbonyl (C=O) groups excluding carboxylic acids is 1. The minimum absolute atomic E-state index is 0.0216. The largest absolute Gasteiger partial charge is 0.488 e. The lowest BCUT2D eigenvalue weighted by Crippen LogP contribution is -2.22. The summed E-state index contributed by atoms with van der Waals surface area (Å²) in [5.41, 5.74) is 1.78. The van der Waals surface area contributed by atoms with Crippen LogP contribution in [0.2, 0.25) is 0 Å². The van der Waals surface area contributed by atoms with Crippen LogP contribution in [0.3, 0.4) is 0 Å². The molecule has 0 fully saturated rings. The zero-order valence-corrected chi connectivity index (χ0v) is 33.9. The fourth-order valence-corrected chi connectivity index (χ4v) is 6.17. The summed E-state index contributed by atoms with van der Waals surface area (Å²) >= 11 is 0. The van der Waals surface area contributed by atoms with Crippen LogP contribution in [-0.4, -0.2) is 75.7 Å². The highest BCUT2D eigenvalue weighted by Gasteiger charge is 2.17. The second-order valence-electron chi connectivity index (χ2n) is 13.8. The molecule has 4 aromatic heterocycles. The van der Waals surface area contributed by atoms with Crippen molar-refractivity contribution in [2.75, 3.05) is 24.7 Å². The number of non-ortho nitro benzene ring substituents is 2. The molecule has 3 N–H and O–H groups in total. The maximum absolute atomic E-state index is 11.9. The van der Waals surface area contributed by atoms with E-state index in [1.54, 1.807) is 99.3 Å². The van der Waals surface area contributed by atoms with Gasteiger partial charge in [0.05, 0.1) is 45.4 Å². The number of nitrogens with one attached hydrogen (secondary N) is 2. The van der Waals surface area contributed by atoms with Crippen LogP contribution < -0.4 is 20.1 Å². The number of nitro benzene ring substituents is 2. The second-order valence-corrected chi connectivity index (χ2v) is 13.8. The molecule has 0 aliphatic rings. The Kier molecular flexibility index (Phi) is 13.0. The van der Waals surface area contributed by atoms with Gasteiger partial charge in [0.2, 0.25) is 0 Å². The standard InChI is InChI=1S/C23H20N6O4.C21H15N5O5/c1-28(2)23(30)18-12-26-22(13-25-18)27-21-11-15(9-10-24-21)14-33-20-8-7-19(29(31)32)16-5-3-4-6-17(16)20;27-21(28)16-10-24-20(11-23-16)25-19-9-13(7-8-22-19)12-31-18-6-5-17(26(29)30)14-3-1-2-4-15(14)18/h3-13H,14H2,1-2H3,(H,24,26,27);1-11H,12H2,(H,27,28)(H,22,24,25). The molecule has 8 rings (SSSR count). The summed E-state index contributed by atoms with van der Waals surface area (Å²) < 4.78 is 11.9. The molecule has 4 aromatic carbocycles. The van der Waals surface area contributed by atoms with E-state index >= 15 is 0 Å². The van der Waals surface area contributed by atoms with Gasteiger partial charge >= 0.3 is 5.97 Å². The smallest absolute Gasteiger partial charge is 0.356 e. The fourth-order valence-electron chi connectivity index (χ4n) is 6.17. The summed E-state index contributed by atoms with van der Waals surface area (Å²) in [7, 11) is 3.29. The van der Waals surface area contributed by atoms with Gasteiger partial charge in [0.1, 0.15) is 53.7 Å². The first-order chi connectivity index (χ1) is 30.9. The molecule has 0 saturated heterocycles. The van der Waals surface area contributed by atoms with Gasteiger partial charge in [0, 0.05) is 49.4 Å². The molecule has 0 aliphatic heterocycles. The van der Waals surface area contributed by atoms with Gasteiger partial charge in [-0.15, -0.1) is 0 Å². The summed E-state index contributed by atoms with van der Waals surface area (Å²) in [6.07, 6.45) is 8.54. The van der Waals surface area contributed by atoms with Gasteiger partial charge < -0.3 is 30.1 Å². The zero-order chi connectivity index (χ0) is 45.2. The molecule has 0 atom stereocenters. The number of fused-ring (bicyclic) bond motifs is 2. The van der Waals surface area contributed by atoms with Crippen molar-refractivity contribution in [2.24, 2.45) is 0 Å². The van der Waals surface area contributed by atoms with Gasteiger partial charge in [-0.1, -0.05) is 36.4 Å². The van der Waals surface area contributed by atoms with Crippen molar-refractivity contribution in [1.82, 2.24) is 34.8 Å². The van der Waals surface area contributed by atoms with E-state index in [1.165, 1.54) is 35.6 Å². The van der Waals surface area contributed by atoms with Gasteiger partial charge in [-0.25, -0.2) is 34.7 Å². The number of nitrogens with zero attached hydrogens (tertiary/aromatic N) is 9. The molecule has 0 spiro atoms. The molecular formula is C44H35N11O9. The molecule has 0 radical (unpaired) electrons. The first-order valence-corrected chi connectivity index (χ1v) is 19.0. The van der Waals surface area contributed by atoms with Crippen LogP contribution in [0.1, 0.15) is 32.1 Å². The number of amides is 1. The van der Waals surface area contributed by atoms with Crippen LogP contribution in [0.15, 0.2) is 134 Å². The van der Waals surface area contributed by atoms with Crippen LogP contribution >= 0.6 is 0 Å². The zero-order valence-electron chi connectivity index (χ0n) is 33.9. The first-order valence-electron chi connectivity index (χ1n) is 19.0. The van der Waals surface area contributed by atoms with Crippen molar-refractivity contribution < 1.29 is 34.0 Å². The van der Waals surface area contributed by atoms with Crippen LogP contribution in [0.4, 0.5) is 34.6 Å². The number of pyridine rings is 2. The molecule has 0 bridgehead atoms. The van der Waals surface area contributed by atoms with E-state index < -0.39 is 15.8 Å². The lowest BCUT2D eigenvalue weighted by atomic mass is 10.1. The normalized spacial score (nSPS) is 10.6. The van der Waals surface area contributed by atoms with Crippen molar-refractivity contribution >= 4 is 68.1 Å². The van der Waals surface area contributed by atoms with Gasteiger partial charge in [-0.2, -0.15) is 0 Å². The number of ether oxygens (including phenoxy) is 2. The number of carbonyl (C=O) groups is 2. The number of nitro groups is 2. The minimum atomic E-state index is -1.16. The Labute approximate surface area is 362 Å². The lowest BCUT2D eigenvalue weighted by molar-refractivity contribution is -0.383. The summed E-state index contributed by atoms with van der Waals surface area (Å²) in [6.45, 7) is 0.448. The van der Waals surface area contributed by atoms with Crippen LogP contribution in [-0.2, 0) is 13.2 Å². The van der Waals surface area contributed by atoms with Crippen LogP contribution in [0.5, 0.6) is 11.5 Å². The Morgan fingerprint density at radius 1 is 0.578 bits per heavy atom. The van der Waals surface area contributed by atoms with E-state index in [-0.39, 0.29) is 41.9 Å². The summed E-state index contributed by atoms with van der Waals surface area (Å²) in [5.74, 6) is 1.49. The van der Waals surface area contributed by atoms with E-state index in [0.29, 0.717) is 56.3 Å². The Bertz CT molecular complexity index is 3010. The Morgan fingerprint density at radius 3 is 1.41 bits per heavy atom. The topological polar surface area (TPSA) is 264 Å². The average Bonchev–Trinajstić information content (AvgIpc) is 3.30. The number of carboxylic acids is 1. The minimum Gasteiger partial charge on any atom is -0.488 e. The summed E-state index contributed by atoms with van der Waals surface area (Å²) in [5, 5.41) is 39.8. The summed E-state index contributed by atoms with van der Waals surface area (Å²) in [4.78, 5) is 70.5. The Hall–Kier alpha value is -9.20. The number of hydrogen-bond donors (Lipinski definition) is 3. The molecule has 320 valence electrons. The van der Waals surface area contributed by atoms with Crippen molar-refractivity contribution in [3.8, 4) is 11.5 Å². The monoisotopic (exact) mass is 861 g/mol. The average molecular weight is 862 g/mol. The van der Waals surface area contributed by atoms with Gasteiger partial charge in [-0.05, 0) is 59.7 Å². The highest BCUT2D eigenvalue weighted by Crippen LogP contribution is 2.34. The number of anilines is 4. The Morgan fingerprint density at radius 2 is 1.02 bits per heavy atom. The molecule has 4 heterocycles. The Balaban J connectivity index is 0.000000192. The predicted molar refractivity (Wildman–Crippen MR) is 234 cm³/mol. The van der Waals surface area contributed by atoms with Crippen molar-refractivity contribution in [1.29, 1.82) is 0 Å². The number of benzene rings is 4. The number of hydrogen-bond acceptors (Lipinski definition) is 16. The van der Waals surface area contributed by atoms with Gasteiger partial charge in [0.25, 0.3) is 17.3 Å². The fraction of sp³-hybridized carbons (Fsp3) is 0.0909. The lowest BCUT2D eigenvalue weighted by Gasteiger charge is -2.11. The number of aromatic nitrogens is 6. The molecule has 8 aromatic rings. The van der Waals surface area contributed by atoms with Crippen molar-refractivity contribution in [3.63, 3.8) is 0 Å². The molecule has 1 amide bonds. The molecular weight excluding hydrogens is 827 g/mol. The van der Waals surface area contributed by atoms with E-state index in [0.717, 1.165) is 17.3 Å². The summed E-state index contributed by atoms with van der Waals surface area (Å²) in [6, 6.07) is 27.3. The second kappa shape index (κ2) is 19.5. The number of carboxylic acid groups (broad SMARTS) is 1. The van der Waals surface area contributed by atoms with Crippen LogP contribution in [0, 0.1) is 20.2 Å². The maximum Gasteiger partial charge on any atom is 0.356 e. The maximum atomic E-state index is 11.9. The van der Waals surface area contributed by atoms with E-state index in [1.807, 2.05) is 12.1 Å². The third kappa shape index (κ3) is 10.4. The van der Waals surface area contributed by atoms with Crippen molar-refractivity contribution in [3.05, 3.63) is 177 Å². The first kappa shape index (κ1) is 42.9. The molecule has 0 aliphatic carbocycles. The van der Waals surface area contributed by atoms with Gasteiger partial charge in [0.15, 0.2) is 5.69 Å². The molecule has 20 nitrogen and oxygen atoms in total. The van der Waals surface area contributed by atoms with E-state index in [9.17, 15) is 29.8 Å². The van der Waals surface area contributed by atoms with E-state index in [4.69, 9.17) is 14.6 Å². The molecule has 20 heteroatoms. The third-order valence-electron chi connectivity index (χ3n) is 9.21. The molecule has 0 unspecified atom stereocenters. The number of aromatic carboxylic acids is 1. The molecule has 0 saturated carbocycles. The molecule has 64 heavy (non-hydrogen) atoms. The van der Waals surface area contributed by atoms with Gasteiger partial charge in [-0.3, -0.25) is 25.0 Å². The predicted octanol–water partition coefficient (Wildman–Crippen LogP) is 7.91. The highest BCUT2D eigenvalue weighted by atomic mass is 16.6. The van der Waals surface area contributed by atoms with Crippen molar-refractivity contribution in [2.45, 2.75) is 13.2 Å². The highest BCUT2D eigenvalue weighted by molar-refractivity contribution is 5.96. The van der Waals surface area contributed by atoms with E-state index in [2.05, 4.69) is 40.5 Å². The van der Waals surface area contributed by atoms with Crippen LogP contribution in [0.25, 0.3) is 21.5 Å².